The third-order valence-electron chi connectivity index (χ3n) is 3.38. The number of hydrogen-bond acceptors (Lipinski definition) is 6. The Morgan fingerprint density at radius 1 is 1.25 bits per heavy atom. The van der Waals surface area contributed by atoms with Crippen molar-refractivity contribution in [2.75, 3.05) is 16.8 Å². The third-order valence-corrected chi connectivity index (χ3v) is 3.75. The summed E-state index contributed by atoms with van der Waals surface area (Å²) in [5.41, 5.74) is 13.7. The van der Waals surface area contributed by atoms with Gasteiger partial charge in [-0.2, -0.15) is 10.1 Å². The molecule has 0 saturated carbocycles. The first-order valence-electron chi connectivity index (χ1n) is 7.01. The van der Waals surface area contributed by atoms with Crippen LogP contribution >= 0.6 is 11.6 Å². The second-order valence-corrected chi connectivity index (χ2v) is 5.64. The van der Waals surface area contributed by atoms with E-state index < -0.39 is 5.82 Å². The van der Waals surface area contributed by atoms with Gasteiger partial charge >= 0.3 is 0 Å². The predicted molar refractivity (Wildman–Crippen MR) is 92.5 cm³/mol. The summed E-state index contributed by atoms with van der Waals surface area (Å²) in [7, 11) is 1.79. The first-order valence-corrected chi connectivity index (χ1v) is 7.38. The monoisotopic (exact) mass is 347 g/mol. The number of anilines is 4. The first kappa shape index (κ1) is 16.0. The number of hydrogen-bond donors (Lipinski definition) is 3. The molecule has 7 nitrogen and oxygen atoms in total. The van der Waals surface area contributed by atoms with E-state index in [2.05, 4.69) is 20.4 Å². The Hall–Kier alpha value is -2.87. The molecule has 0 amide bonds. The van der Waals surface area contributed by atoms with Crippen molar-refractivity contribution in [1.82, 2.24) is 19.7 Å². The molecule has 0 saturated heterocycles. The second kappa shape index (κ2) is 5.97. The van der Waals surface area contributed by atoms with Crippen LogP contribution in [0.3, 0.4) is 0 Å². The molecule has 0 unspecified atom stereocenters. The minimum absolute atomic E-state index is 0.0348. The molecule has 0 aliphatic heterocycles. The molecular formula is C15H15ClFN7. The van der Waals surface area contributed by atoms with Gasteiger partial charge in [-0.05, 0) is 25.1 Å². The summed E-state index contributed by atoms with van der Waals surface area (Å²) in [6, 6.07) is 4.15. The summed E-state index contributed by atoms with van der Waals surface area (Å²) in [5, 5.41) is 7.29. The van der Waals surface area contributed by atoms with E-state index in [0.717, 1.165) is 5.69 Å². The Labute approximate surface area is 142 Å². The molecule has 2 heterocycles. The Kier molecular flexibility index (Phi) is 3.98. The van der Waals surface area contributed by atoms with E-state index in [1.807, 2.05) is 6.92 Å². The number of nitrogens with one attached hydrogen (secondary N) is 1. The van der Waals surface area contributed by atoms with Crippen LogP contribution in [-0.2, 0) is 7.05 Å². The summed E-state index contributed by atoms with van der Waals surface area (Å²) in [4.78, 5) is 8.37. The van der Waals surface area contributed by atoms with Crippen molar-refractivity contribution in [1.29, 1.82) is 0 Å². The summed E-state index contributed by atoms with van der Waals surface area (Å²) < 4.78 is 15.8. The Balaban J connectivity index is 2.09. The summed E-state index contributed by atoms with van der Waals surface area (Å²) in [6.07, 6.45) is 1.77. The Morgan fingerprint density at radius 3 is 2.67 bits per heavy atom. The molecule has 124 valence electrons. The smallest absolute Gasteiger partial charge is 0.229 e. The van der Waals surface area contributed by atoms with E-state index in [4.69, 9.17) is 23.1 Å². The zero-order valence-corrected chi connectivity index (χ0v) is 13.8. The van der Waals surface area contributed by atoms with Gasteiger partial charge in [0.25, 0.3) is 0 Å². The van der Waals surface area contributed by atoms with Crippen molar-refractivity contribution in [3.05, 3.63) is 40.9 Å². The minimum atomic E-state index is -0.507. The van der Waals surface area contributed by atoms with Crippen molar-refractivity contribution in [3.63, 3.8) is 0 Å². The lowest BCUT2D eigenvalue weighted by Crippen LogP contribution is -2.04. The van der Waals surface area contributed by atoms with Crippen molar-refractivity contribution in [2.45, 2.75) is 6.92 Å². The Bertz CT molecular complexity index is 922. The third kappa shape index (κ3) is 2.95. The second-order valence-electron chi connectivity index (χ2n) is 5.26. The molecule has 0 bridgehead atoms. The molecule has 5 N–H and O–H groups in total. The molecule has 2 aromatic heterocycles. The number of rotatable bonds is 3. The van der Waals surface area contributed by atoms with Crippen LogP contribution in [0, 0.1) is 12.7 Å². The minimum Gasteiger partial charge on any atom is -0.399 e. The average molecular weight is 348 g/mol. The van der Waals surface area contributed by atoms with Gasteiger partial charge < -0.3 is 16.8 Å². The number of benzene rings is 1. The molecule has 0 fully saturated rings. The Morgan fingerprint density at radius 2 is 2.00 bits per heavy atom. The van der Waals surface area contributed by atoms with Gasteiger partial charge in [-0.25, -0.2) is 9.37 Å². The molecule has 3 rings (SSSR count). The lowest BCUT2D eigenvalue weighted by Gasteiger charge is -2.11. The van der Waals surface area contributed by atoms with Crippen LogP contribution in [0.15, 0.2) is 24.4 Å². The van der Waals surface area contributed by atoms with Crippen LogP contribution in [-0.4, -0.2) is 19.7 Å². The van der Waals surface area contributed by atoms with Gasteiger partial charge in [-0.15, -0.1) is 0 Å². The molecule has 9 heteroatoms. The maximum Gasteiger partial charge on any atom is 0.229 e. The summed E-state index contributed by atoms with van der Waals surface area (Å²) in [5.74, 6) is -0.287. The van der Waals surface area contributed by atoms with E-state index >= 15 is 0 Å². The fourth-order valence-corrected chi connectivity index (χ4v) is 2.45. The van der Waals surface area contributed by atoms with E-state index in [1.165, 1.54) is 18.2 Å². The molecule has 0 aliphatic rings. The van der Waals surface area contributed by atoms with Gasteiger partial charge in [0.2, 0.25) is 5.95 Å². The van der Waals surface area contributed by atoms with E-state index in [1.54, 1.807) is 17.9 Å². The van der Waals surface area contributed by atoms with Crippen LogP contribution in [0.2, 0.25) is 5.02 Å². The highest BCUT2D eigenvalue weighted by Gasteiger charge is 2.17. The first-order chi connectivity index (χ1) is 11.3. The van der Waals surface area contributed by atoms with Crippen molar-refractivity contribution >= 4 is 34.7 Å². The van der Waals surface area contributed by atoms with Crippen LogP contribution in [0.25, 0.3) is 11.3 Å². The van der Waals surface area contributed by atoms with Crippen LogP contribution in [0.5, 0.6) is 0 Å². The average Bonchev–Trinajstić information content (AvgIpc) is 2.83. The number of aryl methyl sites for hydroxylation is 2. The number of nitrogens with zero attached hydrogens (tertiary/aromatic N) is 4. The molecule has 3 aromatic rings. The van der Waals surface area contributed by atoms with Gasteiger partial charge in [0.1, 0.15) is 16.7 Å². The van der Waals surface area contributed by atoms with E-state index in [0.29, 0.717) is 11.4 Å². The fourth-order valence-electron chi connectivity index (χ4n) is 2.27. The SMILES string of the molecule is Cc1nn(C)cc1Nc1nc(N)c(Cl)c(-c2cc(N)ccc2F)n1. The highest BCUT2D eigenvalue weighted by molar-refractivity contribution is 6.35. The van der Waals surface area contributed by atoms with Gasteiger partial charge in [0.05, 0.1) is 17.1 Å². The molecular weight excluding hydrogens is 333 g/mol. The molecule has 0 spiro atoms. The number of aromatic nitrogens is 4. The van der Waals surface area contributed by atoms with Crippen LogP contribution in [0.4, 0.5) is 27.5 Å². The lowest BCUT2D eigenvalue weighted by atomic mass is 10.1. The predicted octanol–water partition coefficient (Wildman–Crippen LogP) is 2.89. The van der Waals surface area contributed by atoms with Gasteiger partial charge in [0.15, 0.2) is 0 Å². The van der Waals surface area contributed by atoms with Crippen LogP contribution < -0.4 is 16.8 Å². The maximum atomic E-state index is 14.1. The molecule has 0 aliphatic carbocycles. The zero-order chi connectivity index (χ0) is 17.4. The van der Waals surface area contributed by atoms with Crippen molar-refractivity contribution in [3.8, 4) is 11.3 Å². The lowest BCUT2D eigenvalue weighted by molar-refractivity contribution is 0.631. The van der Waals surface area contributed by atoms with E-state index in [9.17, 15) is 4.39 Å². The van der Waals surface area contributed by atoms with Crippen LogP contribution in [0.1, 0.15) is 5.69 Å². The molecule has 24 heavy (non-hydrogen) atoms. The maximum absolute atomic E-state index is 14.1. The fraction of sp³-hybridized carbons (Fsp3) is 0.133. The number of nitrogens with two attached hydrogens (primary N) is 2. The summed E-state index contributed by atoms with van der Waals surface area (Å²) in [6.45, 7) is 1.83. The summed E-state index contributed by atoms with van der Waals surface area (Å²) >= 11 is 6.16. The highest BCUT2D eigenvalue weighted by Crippen LogP contribution is 2.34. The quantitative estimate of drug-likeness (QED) is 0.629. The van der Waals surface area contributed by atoms with E-state index in [-0.39, 0.29) is 28.0 Å². The topological polar surface area (TPSA) is 108 Å². The standard InChI is InChI=1S/C15H15ClFN7/c1-7-11(6-24(2)23-7)20-15-21-13(12(16)14(19)22-15)9-5-8(18)3-4-10(9)17/h3-6H,18H2,1-2H3,(H3,19,20,21,22). The number of nitrogen functional groups attached to an aromatic ring is 2. The molecule has 0 radical (unpaired) electrons. The van der Waals surface area contributed by atoms with Crippen molar-refractivity contribution < 1.29 is 4.39 Å². The van der Waals surface area contributed by atoms with Gasteiger partial charge in [-0.1, -0.05) is 11.6 Å². The van der Waals surface area contributed by atoms with Crippen molar-refractivity contribution in [2.24, 2.45) is 7.05 Å². The largest absolute Gasteiger partial charge is 0.399 e. The van der Waals surface area contributed by atoms with Gasteiger partial charge in [0, 0.05) is 24.5 Å². The van der Waals surface area contributed by atoms with Gasteiger partial charge in [-0.3, -0.25) is 4.68 Å². The highest BCUT2D eigenvalue weighted by atomic mass is 35.5. The number of halogens is 2. The molecule has 0 atom stereocenters. The normalized spacial score (nSPS) is 10.8. The zero-order valence-electron chi connectivity index (χ0n) is 13.0. The molecule has 1 aromatic carbocycles.